The number of carboxylic acid groups (broad SMARTS) is 1. The van der Waals surface area contributed by atoms with Crippen LogP contribution in [0.3, 0.4) is 0 Å². The van der Waals surface area contributed by atoms with Gasteiger partial charge < -0.3 is 9.84 Å². The maximum atomic E-state index is 13.1. The first-order valence-electron chi connectivity index (χ1n) is 6.95. The molecule has 0 saturated carbocycles. The molecule has 2 aromatic rings. The van der Waals surface area contributed by atoms with Crippen LogP contribution in [0.15, 0.2) is 48.5 Å². The molecule has 2 rings (SSSR count). The Morgan fingerprint density at radius 1 is 1.00 bits per heavy atom. The summed E-state index contributed by atoms with van der Waals surface area (Å²) in [7, 11) is 0. The van der Waals surface area contributed by atoms with E-state index in [9.17, 15) is 31.1 Å². The second-order valence-electron chi connectivity index (χ2n) is 5.02. The molecule has 0 saturated heterocycles. The summed E-state index contributed by atoms with van der Waals surface area (Å²) in [6.07, 6.45) is -8.51. The highest BCUT2D eigenvalue weighted by Gasteiger charge is 2.34. The van der Waals surface area contributed by atoms with E-state index in [1.54, 1.807) is 0 Å². The first kappa shape index (κ1) is 19.4. The van der Waals surface area contributed by atoms with Gasteiger partial charge in [-0.2, -0.15) is 13.2 Å². The number of carboxylic acids is 1. The number of halogens is 6. The monoisotopic (exact) mass is 376 g/mol. The van der Waals surface area contributed by atoms with E-state index in [1.807, 2.05) is 0 Å². The van der Waals surface area contributed by atoms with Crippen molar-refractivity contribution in [3.63, 3.8) is 0 Å². The predicted molar refractivity (Wildman–Crippen MR) is 80.2 cm³/mol. The van der Waals surface area contributed by atoms with Crippen LogP contribution in [0.5, 0.6) is 5.75 Å². The summed E-state index contributed by atoms with van der Waals surface area (Å²) >= 11 is 0. The number of hydrogen-bond donors (Lipinski definition) is 1. The summed E-state index contributed by atoms with van der Waals surface area (Å²) in [6, 6.07) is 7.53. The Bertz CT molecular complexity index is 837. The average Bonchev–Trinajstić information content (AvgIpc) is 2.50. The minimum absolute atomic E-state index is 0.00267. The second kappa shape index (κ2) is 7.11. The van der Waals surface area contributed by atoms with Gasteiger partial charge in [0, 0.05) is 11.6 Å². The van der Waals surface area contributed by atoms with Crippen molar-refractivity contribution < 1.29 is 41.0 Å². The summed E-state index contributed by atoms with van der Waals surface area (Å²) in [5, 5.41) is 8.61. The Hall–Kier alpha value is -2.97. The van der Waals surface area contributed by atoms with Crippen LogP contribution in [-0.4, -0.2) is 17.4 Å². The molecule has 0 fully saturated rings. The van der Waals surface area contributed by atoms with Crippen molar-refractivity contribution in [1.82, 2.24) is 0 Å². The summed E-state index contributed by atoms with van der Waals surface area (Å²) < 4.78 is 80.5. The number of aliphatic carboxylic acids is 1. The molecule has 0 radical (unpaired) electrons. The minimum atomic E-state index is -4.98. The van der Waals surface area contributed by atoms with Gasteiger partial charge in [0.05, 0.1) is 5.56 Å². The van der Waals surface area contributed by atoms with E-state index in [2.05, 4.69) is 4.74 Å². The van der Waals surface area contributed by atoms with Crippen molar-refractivity contribution in [2.45, 2.75) is 12.5 Å². The van der Waals surface area contributed by atoms with Gasteiger partial charge in [-0.25, -0.2) is 4.79 Å². The molecule has 0 aliphatic carbocycles. The van der Waals surface area contributed by atoms with E-state index in [4.69, 9.17) is 5.11 Å². The molecule has 138 valence electrons. The summed E-state index contributed by atoms with van der Waals surface area (Å²) in [4.78, 5) is 10.6. The molecule has 0 aliphatic heterocycles. The maximum absolute atomic E-state index is 13.1. The van der Waals surface area contributed by atoms with Crippen LogP contribution in [0.2, 0.25) is 0 Å². The Balaban J connectivity index is 2.59. The third-order valence-corrected chi connectivity index (χ3v) is 3.19. The number of ether oxygens (including phenoxy) is 1. The van der Waals surface area contributed by atoms with Gasteiger partial charge in [0.1, 0.15) is 5.75 Å². The fraction of sp³-hybridized carbons (Fsp3) is 0.118. The number of rotatable bonds is 4. The van der Waals surface area contributed by atoms with E-state index >= 15 is 0 Å². The third-order valence-electron chi connectivity index (χ3n) is 3.19. The van der Waals surface area contributed by atoms with Gasteiger partial charge in [0.15, 0.2) is 0 Å². The number of para-hydroxylation sites is 1. The number of alkyl halides is 6. The molecular weight excluding hydrogens is 366 g/mol. The van der Waals surface area contributed by atoms with Crippen molar-refractivity contribution in [2.24, 2.45) is 0 Å². The Morgan fingerprint density at radius 3 is 2.23 bits per heavy atom. The van der Waals surface area contributed by atoms with Gasteiger partial charge >= 0.3 is 18.5 Å². The Kier molecular flexibility index (Phi) is 5.29. The van der Waals surface area contributed by atoms with Gasteiger partial charge in [-0.3, -0.25) is 0 Å². The molecule has 0 unspecified atom stereocenters. The fourth-order valence-electron chi connectivity index (χ4n) is 2.21. The molecule has 0 atom stereocenters. The van der Waals surface area contributed by atoms with E-state index in [1.165, 1.54) is 18.2 Å². The summed E-state index contributed by atoms with van der Waals surface area (Å²) in [6.45, 7) is 0. The van der Waals surface area contributed by atoms with Crippen molar-refractivity contribution in [1.29, 1.82) is 0 Å². The number of hydrogen-bond acceptors (Lipinski definition) is 2. The molecule has 0 spiro atoms. The highest BCUT2D eigenvalue weighted by Crippen LogP contribution is 2.38. The van der Waals surface area contributed by atoms with Gasteiger partial charge in [-0.1, -0.05) is 24.3 Å². The maximum Gasteiger partial charge on any atom is 0.573 e. The molecular formula is C17H10F6O3. The molecule has 9 heteroatoms. The van der Waals surface area contributed by atoms with Crippen molar-refractivity contribution in [2.75, 3.05) is 0 Å². The van der Waals surface area contributed by atoms with Crippen LogP contribution in [0.25, 0.3) is 17.2 Å². The second-order valence-corrected chi connectivity index (χ2v) is 5.02. The third kappa shape index (κ3) is 5.01. The largest absolute Gasteiger partial charge is 0.573 e. The molecule has 0 heterocycles. The molecule has 3 nitrogen and oxygen atoms in total. The van der Waals surface area contributed by atoms with Gasteiger partial charge in [-0.05, 0) is 35.4 Å². The zero-order valence-corrected chi connectivity index (χ0v) is 12.7. The van der Waals surface area contributed by atoms with Gasteiger partial charge in [-0.15, -0.1) is 13.2 Å². The number of carbonyl (C=O) groups is 1. The smallest absolute Gasteiger partial charge is 0.478 e. The highest BCUT2D eigenvalue weighted by molar-refractivity contribution is 5.86. The molecule has 1 N–H and O–H groups in total. The van der Waals surface area contributed by atoms with Crippen LogP contribution in [-0.2, 0) is 11.0 Å². The number of benzene rings is 2. The lowest BCUT2D eigenvalue weighted by Crippen LogP contribution is -2.17. The Morgan fingerprint density at radius 2 is 1.65 bits per heavy atom. The van der Waals surface area contributed by atoms with Crippen LogP contribution >= 0.6 is 0 Å². The molecule has 0 bridgehead atoms. The lowest BCUT2D eigenvalue weighted by atomic mass is 9.98. The topological polar surface area (TPSA) is 46.5 Å². The van der Waals surface area contributed by atoms with Crippen LogP contribution in [0.4, 0.5) is 26.3 Å². The average molecular weight is 376 g/mol. The van der Waals surface area contributed by atoms with E-state index in [-0.39, 0.29) is 11.1 Å². The van der Waals surface area contributed by atoms with Gasteiger partial charge in [0.25, 0.3) is 0 Å². The molecule has 0 aliphatic rings. The van der Waals surface area contributed by atoms with Crippen molar-refractivity contribution >= 4 is 12.0 Å². The SMILES string of the molecule is O=C(O)/C=C/c1cc(-c2ccccc2OC(F)(F)F)ccc1C(F)(F)F. The summed E-state index contributed by atoms with van der Waals surface area (Å²) in [5.41, 5.74) is -1.71. The highest BCUT2D eigenvalue weighted by atomic mass is 19.4. The standard InChI is InChI=1S/C17H10F6O3/c18-16(19,20)13-7-5-10(9-11(13)6-8-15(24)25)12-3-1-2-4-14(12)26-17(21,22)23/h1-9H,(H,24,25)/b8-6+. The minimum Gasteiger partial charge on any atom is -0.478 e. The van der Waals surface area contributed by atoms with Gasteiger partial charge in [0.2, 0.25) is 0 Å². The normalized spacial score (nSPS) is 12.4. The lowest BCUT2D eigenvalue weighted by Gasteiger charge is -2.15. The quantitative estimate of drug-likeness (QED) is 0.577. The first-order valence-corrected chi connectivity index (χ1v) is 6.95. The molecule has 0 amide bonds. The van der Waals surface area contributed by atoms with Crippen molar-refractivity contribution in [3.05, 3.63) is 59.7 Å². The fourth-order valence-corrected chi connectivity index (χ4v) is 2.21. The van der Waals surface area contributed by atoms with Crippen LogP contribution < -0.4 is 4.74 Å². The van der Waals surface area contributed by atoms with E-state index in [0.29, 0.717) is 12.1 Å². The summed E-state index contributed by atoms with van der Waals surface area (Å²) in [5.74, 6) is -2.06. The molecule has 0 aromatic heterocycles. The predicted octanol–water partition coefficient (Wildman–Crippen LogP) is 5.37. The lowest BCUT2D eigenvalue weighted by molar-refractivity contribution is -0.274. The molecule has 26 heavy (non-hydrogen) atoms. The zero-order valence-electron chi connectivity index (χ0n) is 12.7. The van der Waals surface area contributed by atoms with Crippen LogP contribution in [0.1, 0.15) is 11.1 Å². The Labute approximate surface area is 143 Å². The van der Waals surface area contributed by atoms with Crippen LogP contribution in [0, 0.1) is 0 Å². The van der Waals surface area contributed by atoms with E-state index < -0.39 is 35.4 Å². The molecule has 2 aromatic carbocycles. The zero-order chi connectivity index (χ0) is 19.5. The van der Waals surface area contributed by atoms with E-state index in [0.717, 1.165) is 24.3 Å². The first-order chi connectivity index (χ1) is 12.0. The van der Waals surface area contributed by atoms with Crippen molar-refractivity contribution in [3.8, 4) is 16.9 Å².